The maximum atomic E-state index is 5.62. The van der Waals surface area contributed by atoms with E-state index in [4.69, 9.17) is 5.73 Å². The molecule has 2 N–H and O–H groups in total. The molecule has 2 unspecified atom stereocenters. The van der Waals surface area contributed by atoms with E-state index in [1.165, 1.54) is 32.1 Å². The summed E-state index contributed by atoms with van der Waals surface area (Å²) in [6.45, 7) is 5.59. The van der Waals surface area contributed by atoms with Crippen molar-refractivity contribution in [1.82, 2.24) is 0 Å². The zero-order chi connectivity index (χ0) is 8.97. The van der Waals surface area contributed by atoms with Crippen LogP contribution in [0.4, 0.5) is 0 Å². The lowest BCUT2D eigenvalue weighted by molar-refractivity contribution is 0.176. The third-order valence-electron chi connectivity index (χ3n) is 3.46. The molecule has 1 heteroatoms. The fraction of sp³-hybridized carbons (Fsp3) is 1.00. The van der Waals surface area contributed by atoms with Gasteiger partial charge in [0.15, 0.2) is 0 Å². The van der Waals surface area contributed by atoms with Gasteiger partial charge in [-0.2, -0.15) is 0 Å². The van der Waals surface area contributed by atoms with E-state index in [0.717, 1.165) is 24.3 Å². The lowest BCUT2D eigenvalue weighted by Gasteiger charge is -2.34. The Kier molecular flexibility index (Phi) is 4.07. The summed E-state index contributed by atoms with van der Waals surface area (Å²) in [5, 5.41) is 0. The Morgan fingerprint density at radius 2 is 2.00 bits per heavy atom. The van der Waals surface area contributed by atoms with E-state index in [9.17, 15) is 0 Å². The first-order chi connectivity index (χ1) is 5.77. The van der Waals surface area contributed by atoms with E-state index < -0.39 is 0 Å². The molecule has 12 heavy (non-hydrogen) atoms. The fourth-order valence-corrected chi connectivity index (χ4v) is 2.67. The number of nitrogens with two attached hydrogens (primary N) is 1. The summed E-state index contributed by atoms with van der Waals surface area (Å²) >= 11 is 0. The zero-order valence-electron chi connectivity index (χ0n) is 8.55. The summed E-state index contributed by atoms with van der Waals surface area (Å²) in [5.41, 5.74) is 5.62. The van der Waals surface area contributed by atoms with Gasteiger partial charge in [-0.05, 0) is 43.6 Å². The largest absolute Gasteiger partial charge is 0.330 e. The molecule has 3 atom stereocenters. The van der Waals surface area contributed by atoms with Crippen molar-refractivity contribution in [3.63, 3.8) is 0 Å². The lowest BCUT2D eigenvalue weighted by Crippen LogP contribution is -2.25. The molecule has 0 aromatic rings. The fourth-order valence-electron chi connectivity index (χ4n) is 2.67. The summed E-state index contributed by atoms with van der Waals surface area (Å²) < 4.78 is 0. The molecule has 0 aliphatic heterocycles. The molecule has 1 saturated carbocycles. The van der Waals surface area contributed by atoms with Crippen LogP contribution in [-0.2, 0) is 0 Å². The normalized spacial score (nSPS) is 36.8. The van der Waals surface area contributed by atoms with Gasteiger partial charge < -0.3 is 5.73 Å². The lowest BCUT2D eigenvalue weighted by atomic mass is 9.72. The molecular formula is C11H23N. The number of rotatable bonds is 3. The maximum Gasteiger partial charge on any atom is -0.00745 e. The molecule has 72 valence electrons. The molecule has 1 nitrogen and oxygen atoms in total. The summed E-state index contributed by atoms with van der Waals surface area (Å²) in [6, 6.07) is 0. The molecule has 0 radical (unpaired) electrons. The van der Waals surface area contributed by atoms with Crippen LogP contribution in [0.25, 0.3) is 0 Å². The minimum Gasteiger partial charge on any atom is -0.330 e. The Balaban J connectivity index is 2.40. The highest BCUT2D eigenvalue weighted by atomic mass is 14.5. The Labute approximate surface area is 76.7 Å². The van der Waals surface area contributed by atoms with Crippen molar-refractivity contribution >= 4 is 0 Å². The second-order valence-electron chi connectivity index (χ2n) is 4.42. The zero-order valence-corrected chi connectivity index (χ0v) is 8.55. The molecule has 0 heterocycles. The van der Waals surface area contributed by atoms with Gasteiger partial charge >= 0.3 is 0 Å². The molecule has 0 saturated heterocycles. The van der Waals surface area contributed by atoms with E-state index in [1.807, 2.05) is 0 Å². The van der Waals surface area contributed by atoms with Gasteiger partial charge in [-0.15, -0.1) is 0 Å². The quantitative estimate of drug-likeness (QED) is 0.690. The van der Waals surface area contributed by atoms with Crippen molar-refractivity contribution in [2.24, 2.45) is 23.5 Å². The standard InChI is InChI=1S/C11H23N/c1-3-10-5-4-9(2)8-11(10)6-7-12/h9-11H,3-8,12H2,1-2H3/t9?,10?,11-/m1/s1. The predicted octanol–water partition coefficient (Wildman–Crippen LogP) is 2.80. The van der Waals surface area contributed by atoms with Crippen LogP contribution in [0, 0.1) is 17.8 Å². The van der Waals surface area contributed by atoms with Gasteiger partial charge in [0.05, 0.1) is 0 Å². The van der Waals surface area contributed by atoms with E-state index in [2.05, 4.69) is 13.8 Å². The van der Waals surface area contributed by atoms with E-state index in [-0.39, 0.29) is 0 Å². The summed E-state index contributed by atoms with van der Waals surface area (Å²) in [5.74, 6) is 2.86. The van der Waals surface area contributed by atoms with Crippen molar-refractivity contribution in [2.45, 2.75) is 46.0 Å². The Hall–Kier alpha value is -0.0400. The second-order valence-corrected chi connectivity index (χ2v) is 4.42. The van der Waals surface area contributed by atoms with Crippen molar-refractivity contribution in [3.8, 4) is 0 Å². The molecule has 1 rings (SSSR count). The monoisotopic (exact) mass is 169 g/mol. The minimum absolute atomic E-state index is 0.883. The van der Waals surface area contributed by atoms with E-state index in [0.29, 0.717) is 0 Å². The summed E-state index contributed by atoms with van der Waals surface area (Å²) in [7, 11) is 0. The van der Waals surface area contributed by atoms with Gasteiger partial charge in [0.1, 0.15) is 0 Å². The van der Waals surface area contributed by atoms with Gasteiger partial charge in [-0.3, -0.25) is 0 Å². The van der Waals surface area contributed by atoms with Gasteiger partial charge in [0, 0.05) is 0 Å². The van der Waals surface area contributed by atoms with Crippen molar-refractivity contribution in [3.05, 3.63) is 0 Å². The highest BCUT2D eigenvalue weighted by molar-refractivity contribution is 4.77. The van der Waals surface area contributed by atoms with Crippen LogP contribution < -0.4 is 5.73 Å². The topological polar surface area (TPSA) is 26.0 Å². The van der Waals surface area contributed by atoms with Crippen LogP contribution in [0.15, 0.2) is 0 Å². The first kappa shape index (κ1) is 10.0. The maximum absolute atomic E-state index is 5.62. The smallest absolute Gasteiger partial charge is 0.00745 e. The van der Waals surface area contributed by atoms with E-state index in [1.54, 1.807) is 0 Å². The van der Waals surface area contributed by atoms with Crippen LogP contribution in [0.1, 0.15) is 46.0 Å². The highest BCUT2D eigenvalue weighted by Gasteiger charge is 2.26. The Morgan fingerprint density at radius 3 is 2.58 bits per heavy atom. The predicted molar refractivity (Wildman–Crippen MR) is 54.0 cm³/mol. The molecule has 1 fully saturated rings. The Bertz CT molecular complexity index is 122. The van der Waals surface area contributed by atoms with Crippen molar-refractivity contribution < 1.29 is 0 Å². The third-order valence-corrected chi connectivity index (χ3v) is 3.46. The number of hydrogen-bond donors (Lipinski definition) is 1. The molecule has 0 bridgehead atoms. The molecule has 1 aliphatic carbocycles. The minimum atomic E-state index is 0.883. The molecule has 0 spiro atoms. The molecule has 0 aromatic carbocycles. The van der Waals surface area contributed by atoms with Gasteiger partial charge in [0.25, 0.3) is 0 Å². The molecule has 0 aromatic heterocycles. The summed E-state index contributed by atoms with van der Waals surface area (Å²) in [6.07, 6.45) is 6.93. The Morgan fingerprint density at radius 1 is 1.25 bits per heavy atom. The van der Waals surface area contributed by atoms with Crippen LogP contribution in [0.5, 0.6) is 0 Å². The van der Waals surface area contributed by atoms with Crippen LogP contribution >= 0.6 is 0 Å². The van der Waals surface area contributed by atoms with Gasteiger partial charge in [0.2, 0.25) is 0 Å². The first-order valence-electron chi connectivity index (χ1n) is 5.48. The average molecular weight is 169 g/mol. The summed E-state index contributed by atoms with van der Waals surface area (Å²) in [4.78, 5) is 0. The second kappa shape index (κ2) is 4.86. The van der Waals surface area contributed by atoms with E-state index >= 15 is 0 Å². The van der Waals surface area contributed by atoms with Crippen molar-refractivity contribution in [2.75, 3.05) is 6.54 Å². The molecular weight excluding hydrogens is 146 g/mol. The highest BCUT2D eigenvalue weighted by Crippen LogP contribution is 2.36. The van der Waals surface area contributed by atoms with Crippen LogP contribution in [-0.4, -0.2) is 6.54 Å². The third kappa shape index (κ3) is 2.48. The van der Waals surface area contributed by atoms with Crippen LogP contribution in [0.3, 0.4) is 0 Å². The molecule has 0 amide bonds. The SMILES string of the molecule is CCC1CCC(C)C[C@H]1CCN. The number of hydrogen-bond acceptors (Lipinski definition) is 1. The van der Waals surface area contributed by atoms with Crippen molar-refractivity contribution in [1.29, 1.82) is 0 Å². The average Bonchev–Trinajstić information content (AvgIpc) is 2.05. The molecule has 1 aliphatic rings. The van der Waals surface area contributed by atoms with Crippen LogP contribution in [0.2, 0.25) is 0 Å². The first-order valence-corrected chi connectivity index (χ1v) is 5.48. The van der Waals surface area contributed by atoms with Gasteiger partial charge in [-0.1, -0.05) is 26.7 Å². The van der Waals surface area contributed by atoms with Gasteiger partial charge in [-0.25, -0.2) is 0 Å².